The Morgan fingerprint density at radius 1 is 0.885 bits per heavy atom. The molecule has 2 aromatic carbocycles. The molecule has 2 rings (SSSR count). The lowest BCUT2D eigenvalue weighted by molar-refractivity contribution is -0.129. The average molecular weight is 368 g/mol. The van der Waals surface area contributed by atoms with Gasteiger partial charge in [0, 0.05) is 0 Å². The number of hydrogen-bond donors (Lipinski definition) is 2. The largest absolute Gasteiger partial charge is 0.484 e. The lowest BCUT2D eigenvalue weighted by atomic mass is 10.1. The highest BCUT2D eigenvalue weighted by Crippen LogP contribution is 2.15. The third-order valence-corrected chi connectivity index (χ3v) is 3.04. The Morgan fingerprint density at radius 2 is 1.46 bits per heavy atom. The van der Waals surface area contributed by atoms with Crippen molar-refractivity contribution in [1.29, 1.82) is 0 Å². The Morgan fingerprint density at radius 3 is 2.08 bits per heavy atom. The molecular formula is C17H15F3N2O4. The van der Waals surface area contributed by atoms with Crippen molar-refractivity contribution in [2.45, 2.75) is 13.0 Å². The zero-order valence-corrected chi connectivity index (χ0v) is 13.4. The number of ether oxygens (including phenoxy) is 2. The molecule has 0 saturated carbocycles. The van der Waals surface area contributed by atoms with Crippen LogP contribution in [0.1, 0.15) is 5.56 Å². The highest BCUT2D eigenvalue weighted by molar-refractivity contribution is 5.83. The number of carbonyl (C=O) groups excluding carboxylic acids is 2. The molecule has 0 aliphatic rings. The number of halogens is 3. The van der Waals surface area contributed by atoms with Crippen LogP contribution in [0.15, 0.2) is 48.5 Å². The number of amides is 2. The van der Waals surface area contributed by atoms with Crippen molar-refractivity contribution in [3.63, 3.8) is 0 Å². The van der Waals surface area contributed by atoms with E-state index in [0.717, 1.165) is 0 Å². The number of hydrogen-bond acceptors (Lipinski definition) is 4. The third kappa shape index (κ3) is 6.71. The quantitative estimate of drug-likeness (QED) is 0.735. The van der Waals surface area contributed by atoms with Crippen LogP contribution < -0.4 is 20.3 Å². The van der Waals surface area contributed by atoms with Crippen LogP contribution in [-0.2, 0) is 16.0 Å². The number of rotatable bonds is 7. The summed E-state index contributed by atoms with van der Waals surface area (Å²) in [6.45, 7) is -3.29. The second-order valence-corrected chi connectivity index (χ2v) is 5.04. The molecule has 0 aliphatic carbocycles. The summed E-state index contributed by atoms with van der Waals surface area (Å²) in [6, 6.07) is 10.6. The topological polar surface area (TPSA) is 76.7 Å². The van der Waals surface area contributed by atoms with E-state index in [0.29, 0.717) is 11.3 Å². The van der Waals surface area contributed by atoms with Crippen LogP contribution in [0.2, 0.25) is 0 Å². The molecule has 9 heteroatoms. The Kier molecular flexibility index (Phi) is 6.84. The van der Waals surface area contributed by atoms with Crippen LogP contribution in [0, 0.1) is 5.82 Å². The van der Waals surface area contributed by atoms with Gasteiger partial charge in [0.05, 0.1) is 6.42 Å². The second kappa shape index (κ2) is 9.30. The van der Waals surface area contributed by atoms with Crippen molar-refractivity contribution in [3.05, 3.63) is 59.9 Å². The zero-order chi connectivity index (χ0) is 18.9. The lowest BCUT2D eigenvalue weighted by Crippen LogP contribution is -2.44. The summed E-state index contributed by atoms with van der Waals surface area (Å²) >= 11 is 0. The van der Waals surface area contributed by atoms with Crippen LogP contribution in [0.25, 0.3) is 0 Å². The fourth-order valence-electron chi connectivity index (χ4n) is 1.87. The highest BCUT2D eigenvalue weighted by atomic mass is 19.3. The Hall–Kier alpha value is -3.23. The molecule has 0 unspecified atom stereocenters. The summed E-state index contributed by atoms with van der Waals surface area (Å²) in [5.41, 5.74) is 4.90. The molecule has 0 radical (unpaired) electrons. The molecule has 0 aliphatic heterocycles. The van der Waals surface area contributed by atoms with E-state index in [-0.39, 0.29) is 18.8 Å². The minimum atomic E-state index is -2.92. The van der Waals surface area contributed by atoms with Gasteiger partial charge in [0.1, 0.15) is 17.3 Å². The van der Waals surface area contributed by atoms with E-state index in [9.17, 15) is 22.8 Å². The van der Waals surface area contributed by atoms with Crippen LogP contribution in [0.4, 0.5) is 13.2 Å². The first kappa shape index (κ1) is 19.1. The van der Waals surface area contributed by atoms with E-state index in [2.05, 4.69) is 15.6 Å². The summed E-state index contributed by atoms with van der Waals surface area (Å²) in [5.74, 6) is -1.26. The van der Waals surface area contributed by atoms with Crippen LogP contribution >= 0.6 is 0 Å². The molecule has 2 amide bonds. The van der Waals surface area contributed by atoms with E-state index in [1.54, 1.807) is 0 Å². The van der Waals surface area contributed by atoms with Crippen molar-refractivity contribution in [1.82, 2.24) is 10.9 Å². The van der Waals surface area contributed by atoms with Gasteiger partial charge in [-0.2, -0.15) is 8.78 Å². The van der Waals surface area contributed by atoms with Gasteiger partial charge in [0.15, 0.2) is 6.61 Å². The van der Waals surface area contributed by atoms with E-state index >= 15 is 0 Å². The second-order valence-electron chi connectivity index (χ2n) is 5.04. The Labute approximate surface area is 146 Å². The zero-order valence-electron chi connectivity index (χ0n) is 13.4. The van der Waals surface area contributed by atoms with Gasteiger partial charge in [-0.3, -0.25) is 20.4 Å². The smallest absolute Gasteiger partial charge is 0.387 e. The minimum Gasteiger partial charge on any atom is -0.484 e. The summed E-state index contributed by atoms with van der Waals surface area (Å²) in [7, 11) is 0. The predicted molar refractivity (Wildman–Crippen MR) is 85.0 cm³/mol. The molecule has 0 saturated heterocycles. The van der Waals surface area contributed by atoms with Crippen LogP contribution in [0.3, 0.4) is 0 Å². The average Bonchev–Trinajstić information content (AvgIpc) is 2.61. The first-order valence-electron chi connectivity index (χ1n) is 7.42. The molecular weight excluding hydrogens is 353 g/mol. The van der Waals surface area contributed by atoms with Crippen molar-refractivity contribution >= 4 is 11.8 Å². The SMILES string of the molecule is O=C(COc1ccc(F)cc1)NNC(=O)Cc1ccc(OC(F)F)cc1. The Balaban J connectivity index is 1.70. The molecule has 138 valence electrons. The molecule has 0 spiro atoms. The molecule has 2 aromatic rings. The molecule has 0 atom stereocenters. The summed E-state index contributed by atoms with van der Waals surface area (Å²) < 4.78 is 46.1. The predicted octanol–water partition coefficient (Wildman–Crippen LogP) is 2.20. The fraction of sp³-hybridized carbons (Fsp3) is 0.176. The molecule has 0 bridgehead atoms. The normalized spacial score (nSPS) is 10.3. The molecule has 0 fully saturated rings. The molecule has 0 heterocycles. The number of benzene rings is 2. The van der Waals surface area contributed by atoms with E-state index in [1.165, 1.54) is 48.5 Å². The van der Waals surface area contributed by atoms with Gasteiger partial charge in [-0.25, -0.2) is 4.39 Å². The fourth-order valence-corrected chi connectivity index (χ4v) is 1.87. The Bertz CT molecular complexity index is 737. The van der Waals surface area contributed by atoms with Crippen LogP contribution in [-0.4, -0.2) is 25.0 Å². The lowest BCUT2D eigenvalue weighted by Gasteiger charge is -2.09. The highest BCUT2D eigenvalue weighted by Gasteiger charge is 2.08. The van der Waals surface area contributed by atoms with Gasteiger partial charge in [-0.1, -0.05) is 12.1 Å². The van der Waals surface area contributed by atoms with Gasteiger partial charge in [-0.15, -0.1) is 0 Å². The van der Waals surface area contributed by atoms with Gasteiger partial charge in [-0.05, 0) is 42.0 Å². The van der Waals surface area contributed by atoms with Gasteiger partial charge in [0.25, 0.3) is 5.91 Å². The number of carbonyl (C=O) groups is 2. The first-order chi connectivity index (χ1) is 12.4. The monoisotopic (exact) mass is 368 g/mol. The minimum absolute atomic E-state index is 0.0181. The maximum atomic E-state index is 12.7. The van der Waals surface area contributed by atoms with Crippen molar-refractivity contribution in [2.24, 2.45) is 0 Å². The van der Waals surface area contributed by atoms with Gasteiger partial charge in [0.2, 0.25) is 5.91 Å². The summed E-state index contributed by atoms with van der Waals surface area (Å²) in [6.07, 6.45) is -0.0753. The van der Waals surface area contributed by atoms with Gasteiger partial charge < -0.3 is 9.47 Å². The van der Waals surface area contributed by atoms with E-state index in [4.69, 9.17) is 4.74 Å². The van der Waals surface area contributed by atoms with E-state index in [1.807, 2.05) is 0 Å². The molecule has 26 heavy (non-hydrogen) atoms. The van der Waals surface area contributed by atoms with Gasteiger partial charge >= 0.3 is 6.61 Å². The molecule has 2 N–H and O–H groups in total. The van der Waals surface area contributed by atoms with Crippen molar-refractivity contribution in [3.8, 4) is 11.5 Å². The molecule has 6 nitrogen and oxygen atoms in total. The maximum Gasteiger partial charge on any atom is 0.387 e. The maximum absolute atomic E-state index is 12.7. The van der Waals surface area contributed by atoms with Crippen molar-refractivity contribution in [2.75, 3.05) is 6.61 Å². The molecule has 0 aromatic heterocycles. The van der Waals surface area contributed by atoms with Crippen LogP contribution in [0.5, 0.6) is 11.5 Å². The summed E-state index contributed by atoms with van der Waals surface area (Å²) in [5, 5.41) is 0. The standard InChI is InChI=1S/C17H15F3N2O4/c18-12-3-7-13(8-4-12)25-10-16(24)22-21-15(23)9-11-1-5-14(6-2-11)26-17(19)20/h1-8,17H,9-10H2,(H,21,23)(H,22,24). The van der Waals surface area contributed by atoms with E-state index < -0.39 is 24.2 Å². The van der Waals surface area contributed by atoms with Crippen molar-refractivity contribution < 1.29 is 32.2 Å². The third-order valence-electron chi connectivity index (χ3n) is 3.04. The number of hydrazine groups is 1. The summed E-state index contributed by atoms with van der Waals surface area (Å²) in [4.78, 5) is 23.3. The number of alkyl halides is 2. The first-order valence-corrected chi connectivity index (χ1v) is 7.42. The number of nitrogens with one attached hydrogen (secondary N) is 2.